The van der Waals surface area contributed by atoms with E-state index in [0.29, 0.717) is 26.2 Å². The molecule has 19 heavy (non-hydrogen) atoms. The maximum Gasteiger partial charge on any atom is 0.305 e. The minimum Gasteiger partial charge on any atom is -0.481 e. The van der Waals surface area contributed by atoms with Gasteiger partial charge in [0.1, 0.15) is 0 Å². The molecule has 0 fully saturated rings. The van der Waals surface area contributed by atoms with Crippen LogP contribution in [0.2, 0.25) is 0 Å². The Labute approximate surface area is 114 Å². The van der Waals surface area contributed by atoms with Gasteiger partial charge in [0, 0.05) is 26.1 Å². The Morgan fingerprint density at radius 3 is 1.89 bits per heavy atom. The second-order valence-corrected chi connectivity index (χ2v) is 3.98. The van der Waals surface area contributed by atoms with Crippen molar-refractivity contribution in [1.29, 1.82) is 0 Å². The summed E-state index contributed by atoms with van der Waals surface area (Å²) in [5.74, 6) is -2.27. The highest BCUT2D eigenvalue weighted by molar-refractivity contribution is 5.69. The molecule has 0 atom stereocenters. The summed E-state index contributed by atoms with van der Waals surface area (Å²) >= 11 is 0. The van der Waals surface area contributed by atoms with E-state index in [1.165, 1.54) is 0 Å². The molecule has 1 N–H and O–H groups in total. The van der Waals surface area contributed by atoms with Crippen molar-refractivity contribution in [2.75, 3.05) is 19.8 Å². The fraction of sp³-hybridized carbons (Fsp3) is 0.846. The number of carboxylic acids is 1. The molecule has 112 valence electrons. The Morgan fingerprint density at radius 2 is 1.47 bits per heavy atom. The zero-order chi connectivity index (χ0) is 14.7. The van der Waals surface area contributed by atoms with Crippen molar-refractivity contribution in [2.24, 2.45) is 0 Å². The van der Waals surface area contributed by atoms with Gasteiger partial charge in [-0.2, -0.15) is 0 Å². The minimum atomic E-state index is -1.02. The van der Waals surface area contributed by atoms with Crippen LogP contribution in [0.1, 0.15) is 46.5 Å². The summed E-state index contributed by atoms with van der Waals surface area (Å²) in [5, 5.41) is 8.77. The van der Waals surface area contributed by atoms with Crippen molar-refractivity contribution in [2.45, 2.75) is 52.2 Å². The van der Waals surface area contributed by atoms with Crippen LogP contribution < -0.4 is 0 Å². The van der Waals surface area contributed by atoms with Crippen molar-refractivity contribution in [3.05, 3.63) is 0 Å². The molecule has 0 aromatic carbocycles. The van der Waals surface area contributed by atoms with Crippen molar-refractivity contribution < 1.29 is 28.9 Å². The molecule has 0 aliphatic heterocycles. The Balaban J connectivity index is 4.59. The number of carbonyl (C=O) groups excluding carboxylic acids is 1. The standard InChI is InChI=1S/C13H24O6/c1-4-17-12(16)8-10-13(18-5-2,19-6-3)9-7-11(14)15/h4-10H2,1-3H3,(H,14,15). The summed E-state index contributed by atoms with van der Waals surface area (Å²) in [6, 6.07) is 0. The molecule has 0 unspecified atom stereocenters. The van der Waals surface area contributed by atoms with Gasteiger partial charge in [0.05, 0.1) is 19.4 Å². The van der Waals surface area contributed by atoms with Crippen LogP contribution in [0.4, 0.5) is 0 Å². The minimum absolute atomic E-state index is 0.0666. The van der Waals surface area contributed by atoms with Gasteiger partial charge in [-0.15, -0.1) is 0 Å². The summed E-state index contributed by atoms with van der Waals surface area (Å²) < 4.78 is 16.0. The average molecular weight is 276 g/mol. The van der Waals surface area contributed by atoms with Gasteiger partial charge >= 0.3 is 11.9 Å². The van der Waals surface area contributed by atoms with Gasteiger partial charge in [0.15, 0.2) is 5.79 Å². The molecule has 0 saturated carbocycles. The summed E-state index contributed by atoms with van der Waals surface area (Å²) in [6.07, 6.45) is 0.584. The van der Waals surface area contributed by atoms with Crippen LogP contribution in [0.3, 0.4) is 0 Å². The second-order valence-electron chi connectivity index (χ2n) is 3.98. The molecule has 6 heteroatoms. The SMILES string of the molecule is CCOC(=O)CCC(CCC(=O)O)(OCC)OCC. The number of hydrogen-bond acceptors (Lipinski definition) is 5. The molecule has 0 aromatic heterocycles. The Hall–Kier alpha value is -1.14. The lowest BCUT2D eigenvalue weighted by atomic mass is 10.0. The third-order valence-electron chi connectivity index (χ3n) is 2.55. The van der Waals surface area contributed by atoms with Crippen LogP contribution in [-0.4, -0.2) is 42.7 Å². The fourth-order valence-electron chi connectivity index (χ4n) is 1.80. The monoisotopic (exact) mass is 276 g/mol. The van der Waals surface area contributed by atoms with Crippen molar-refractivity contribution >= 4 is 11.9 Å². The summed E-state index contributed by atoms with van der Waals surface area (Å²) in [4.78, 5) is 22.1. The van der Waals surface area contributed by atoms with E-state index in [9.17, 15) is 9.59 Å². The van der Waals surface area contributed by atoms with E-state index in [4.69, 9.17) is 19.3 Å². The molecular weight excluding hydrogens is 252 g/mol. The molecule has 0 spiro atoms. The Morgan fingerprint density at radius 1 is 0.947 bits per heavy atom. The van der Waals surface area contributed by atoms with Crippen molar-refractivity contribution in [3.63, 3.8) is 0 Å². The lowest BCUT2D eigenvalue weighted by Gasteiger charge is -2.32. The highest BCUT2D eigenvalue weighted by Crippen LogP contribution is 2.26. The van der Waals surface area contributed by atoms with E-state index in [1.807, 2.05) is 0 Å². The van der Waals surface area contributed by atoms with Gasteiger partial charge in [-0.3, -0.25) is 9.59 Å². The molecular formula is C13H24O6. The zero-order valence-electron chi connectivity index (χ0n) is 11.9. The molecule has 0 aliphatic carbocycles. The first-order valence-corrected chi connectivity index (χ1v) is 6.65. The molecule has 6 nitrogen and oxygen atoms in total. The van der Waals surface area contributed by atoms with Gasteiger partial charge in [-0.25, -0.2) is 0 Å². The van der Waals surface area contributed by atoms with Gasteiger partial charge in [-0.05, 0) is 20.8 Å². The van der Waals surface area contributed by atoms with Crippen LogP contribution in [0.5, 0.6) is 0 Å². The van der Waals surface area contributed by atoms with E-state index < -0.39 is 11.8 Å². The Bertz CT molecular complexity index is 270. The van der Waals surface area contributed by atoms with E-state index in [0.717, 1.165) is 0 Å². The first kappa shape index (κ1) is 17.9. The summed E-state index contributed by atoms with van der Waals surface area (Å²) in [7, 11) is 0. The fourth-order valence-corrected chi connectivity index (χ4v) is 1.80. The zero-order valence-corrected chi connectivity index (χ0v) is 11.9. The van der Waals surface area contributed by atoms with E-state index in [1.54, 1.807) is 20.8 Å². The lowest BCUT2D eigenvalue weighted by molar-refractivity contribution is -0.242. The maximum atomic E-state index is 11.4. The summed E-state index contributed by atoms with van der Waals surface area (Å²) in [5.41, 5.74) is 0. The molecule has 0 rings (SSSR count). The predicted octanol–water partition coefficient (Wildman–Crippen LogP) is 1.96. The number of esters is 1. The lowest BCUT2D eigenvalue weighted by Crippen LogP contribution is -2.37. The van der Waals surface area contributed by atoms with Crippen LogP contribution in [0.15, 0.2) is 0 Å². The molecule has 0 bridgehead atoms. The summed E-state index contributed by atoms with van der Waals surface area (Å²) in [6.45, 7) is 6.45. The largest absolute Gasteiger partial charge is 0.481 e. The second kappa shape index (κ2) is 9.75. The van der Waals surface area contributed by atoms with E-state index >= 15 is 0 Å². The van der Waals surface area contributed by atoms with E-state index in [2.05, 4.69) is 0 Å². The third-order valence-corrected chi connectivity index (χ3v) is 2.55. The normalized spacial score (nSPS) is 11.3. The van der Waals surface area contributed by atoms with Gasteiger partial charge in [0.2, 0.25) is 0 Å². The highest BCUT2D eigenvalue weighted by atomic mass is 16.7. The van der Waals surface area contributed by atoms with Crippen molar-refractivity contribution in [1.82, 2.24) is 0 Å². The number of ether oxygens (including phenoxy) is 3. The smallest absolute Gasteiger partial charge is 0.305 e. The number of rotatable bonds is 11. The number of carboxylic acid groups (broad SMARTS) is 1. The maximum absolute atomic E-state index is 11.4. The number of aliphatic carboxylic acids is 1. The van der Waals surface area contributed by atoms with Crippen LogP contribution in [-0.2, 0) is 23.8 Å². The van der Waals surface area contributed by atoms with Crippen LogP contribution in [0, 0.1) is 0 Å². The Kier molecular flexibility index (Phi) is 9.16. The number of carbonyl (C=O) groups is 2. The van der Waals surface area contributed by atoms with Gasteiger partial charge < -0.3 is 19.3 Å². The van der Waals surface area contributed by atoms with E-state index in [-0.39, 0.29) is 25.2 Å². The molecule has 0 heterocycles. The molecule has 0 radical (unpaired) electrons. The molecule has 0 aliphatic rings. The number of hydrogen-bond donors (Lipinski definition) is 1. The van der Waals surface area contributed by atoms with Crippen molar-refractivity contribution in [3.8, 4) is 0 Å². The highest BCUT2D eigenvalue weighted by Gasteiger charge is 2.32. The third kappa shape index (κ3) is 7.79. The molecule has 0 amide bonds. The first-order chi connectivity index (χ1) is 8.99. The molecule has 0 aromatic rings. The predicted molar refractivity (Wildman–Crippen MR) is 68.7 cm³/mol. The average Bonchev–Trinajstić information content (AvgIpc) is 2.35. The van der Waals surface area contributed by atoms with Gasteiger partial charge in [-0.1, -0.05) is 0 Å². The topological polar surface area (TPSA) is 82.1 Å². The molecule has 0 saturated heterocycles. The van der Waals surface area contributed by atoms with Crippen LogP contribution in [0.25, 0.3) is 0 Å². The quantitative estimate of drug-likeness (QED) is 0.459. The van der Waals surface area contributed by atoms with Gasteiger partial charge in [0.25, 0.3) is 0 Å². The van der Waals surface area contributed by atoms with Crippen LogP contribution >= 0.6 is 0 Å². The first-order valence-electron chi connectivity index (χ1n) is 6.65.